The summed E-state index contributed by atoms with van der Waals surface area (Å²) in [5, 5.41) is 5.61. The third kappa shape index (κ3) is 3.91. The van der Waals surface area contributed by atoms with E-state index in [0.717, 1.165) is 38.0 Å². The highest BCUT2D eigenvalue weighted by molar-refractivity contribution is 6.03. The predicted octanol–water partition coefficient (Wildman–Crippen LogP) is 2.52. The lowest BCUT2D eigenvalue weighted by molar-refractivity contribution is 0.0853. The Hall–Kier alpha value is -2.74. The van der Waals surface area contributed by atoms with E-state index in [1.807, 2.05) is 4.57 Å². The summed E-state index contributed by atoms with van der Waals surface area (Å²) in [5.74, 6) is -0.849. The zero-order valence-electron chi connectivity index (χ0n) is 15.5. The molecule has 0 spiro atoms. The van der Waals surface area contributed by atoms with E-state index in [0.29, 0.717) is 30.9 Å². The largest absolute Gasteiger partial charge is 0.376 e. The summed E-state index contributed by atoms with van der Waals surface area (Å²) in [6.07, 6.45) is 4.58. The van der Waals surface area contributed by atoms with Crippen LogP contribution in [0.2, 0.25) is 0 Å². The van der Waals surface area contributed by atoms with Gasteiger partial charge in [-0.15, -0.1) is 0 Å². The molecule has 1 aromatic carbocycles. The topological polar surface area (TPSA) is 85.2 Å². The van der Waals surface area contributed by atoms with Gasteiger partial charge in [-0.3, -0.25) is 9.59 Å². The van der Waals surface area contributed by atoms with Crippen LogP contribution in [0.5, 0.6) is 0 Å². The number of benzene rings is 1. The van der Waals surface area contributed by atoms with Crippen molar-refractivity contribution in [3.05, 3.63) is 47.3 Å². The van der Waals surface area contributed by atoms with Crippen LogP contribution in [-0.4, -0.2) is 40.6 Å². The standard InChI is InChI=1S/C20H23FN4O3/c21-13-6-8-14(9-7-13)23-20(27)18-24-17(16-5-1-2-10-25(16)18)19(26)22-12-15-4-3-11-28-15/h6-9,15H,1-5,10-12H2,(H,22,26)(H,23,27). The number of ether oxygens (including phenoxy) is 1. The number of nitrogens with zero attached hydrogens (tertiary/aromatic N) is 2. The number of aromatic nitrogens is 2. The Morgan fingerprint density at radius 3 is 2.75 bits per heavy atom. The van der Waals surface area contributed by atoms with Crippen LogP contribution in [0.1, 0.15) is 52.5 Å². The van der Waals surface area contributed by atoms with Crippen molar-refractivity contribution in [1.29, 1.82) is 0 Å². The minimum absolute atomic E-state index is 0.0450. The Morgan fingerprint density at radius 1 is 1.18 bits per heavy atom. The van der Waals surface area contributed by atoms with Crippen molar-refractivity contribution in [3.8, 4) is 0 Å². The number of nitrogens with one attached hydrogen (secondary N) is 2. The van der Waals surface area contributed by atoms with E-state index in [-0.39, 0.29) is 23.7 Å². The molecule has 2 N–H and O–H groups in total. The van der Waals surface area contributed by atoms with Crippen molar-refractivity contribution in [2.24, 2.45) is 0 Å². The maximum atomic E-state index is 13.1. The highest BCUT2D eigenvalue weighted by Crippen LogP contribution is 2.22. The molecule has 28 heavy (non-hydrogen) atoms. The van der Waals surface area contributed by atoms with E-state index in [2.05, 4.69) is 15.6 Å². The molecule has 0 aliphatic carbocycles. The van der Waals surface area contributed by atoms with Gasteiger partial charge in [0.05, 0.1) is 11.8 Å². The lowest BCUT2D eigenvalue weighted by Crippen LogP contribution is -2.32. The van der Waals surface area contributed by atoms with Crippen LogP contribution >= 0.6 is 0 Å². The number of rotatable bonds is 5. The van der Waals surface area contributed by atoms with Crippen molar-refractivity contribution in [1.82, 2.24) is 14.9 Å². The van der Waals surface area contributed by atoms with Gasteiger partial charge in [-0.1, -0.05) is 0 Å². The molecule has 1 atom stereocenters. The van der Waals surface area contributed by atoms with E-state index in [9.17, 15) is 14.0 Å². The first-order chi connectivity index (χ1) is 13.6. The molecular formula is C20H23FN4O3. The Labute approximate surface area is 162 Å². The fraction of sp³-hybridized carbons (Fsp3) is 0.450. The number of anilines is 1. The molecule has 2 aliphatic rings. The number of fused-ring (bicyclic) bond motifs is 1. The van der Waals surface area contributed by atoms with E-state index >= 15 is 0 Å². The van der Waals surface area contributed by atoms with Crippen molar-refractivity contribution in [2.75, 3.05) is 18.5 Å². The fourth-order valence-electron chi connectivity index (χ4n) is 3.71. The smallest absolute Gasteiger partial charge is 0.291 e. The van der Waals surface area contributed by atoms with E-state index < -0.39 is 5.91 Å². The van der Waals surface area contributed by atoms with Crippen LogP contribution < -0.4 is 10.6 Å². The molecule has 1 fully saturated rings. The van der Waals surface area contributed by atoms with Crippen LogP contribution in [-0.2, 0) is 17.7 Å². The third-order valence-corrected chi connectivity index (χ3v) is 5.15. The molecule has 148 valence electrons. The molecule has 2 aliphatic heterocycles. The second kappa shape index (κ2) is 8.10. The van der Waals surface area contributed by atoms with Gasteiger partial charge in [0, 0.05) is 25.4 Å². The third-order valence-electron chi connectivity index (χ3n) is 5.15. The second-order valence-electron chi connectivity index (χ2n) is 7.15. The molecule has 3 heterocycles. The van der Waals surface area contributed by atoms with Crippen LogP contribution in [0, 0.1) is 5.82 Å². The summed E-state index contributed by atoms with van der Waals surface area (Å²) in [5.41, 5.74) is 1.58. The summed E-state index contributed by atoms with van der Waals surface area (Å²) in [6, 6.07) is 5.53. The first-order valence-electron chi connectivity index (χ1n) is 9.68. The summed E-state index contributed by atoms with van der Waals surface area (Å²) in [6.45, 7) is 1.82. The Kier molecular flexibility index (Phi) is 5.38. The molecule has 4 rings (SSSR count). The highest BCUT2D eigenvalue weighted by atomic mass is 19.1. The van der Waals surface area contributed by atoms with Crippen molar-refractivity contribution in [2.45, 2.75) is 44.8 Å². The van der Waals surface area contributed by atoms with Gasteiger partial charge in [0.15, 0.2) is 5.82 Å². The molecular weight excluding hydrogens is 363 g/mol. The Balaban J connectivity index is 1.53. The quantitative estimate of drug-likeness (QED) is 0.827. The van der Waals surface area contributed by atoms with Gasteiger partial charge in [-0.05, 0) is 56.4 Å². The number of halogens is 1. The lowest BCUT2D eigenvalue weighted by atomic mass is 10.1. The molecule has 7 nitrogen and oxygen atoms in total. The molecule has 1 aromatic heterocycles. The Bertz CT molecular complexity index is 872. The first-order valence-corrected chi connectivity index (χ1v) is 9.68. The normalized spacial score (nSPS) is 18.5. The van der Waals surface area contributed by atoms with Crippen LogP contribution in [0.25, 0.3) is 0 Å². The monoisotopic (exact) mass is 386 g/mol. The molecule has 2 amide bonds. The maximum Gasteiger partial charge on any atom is 0.291 e. The number of carbonyl (C=O) groups is 2. The van der Waals surface area contributed by atoms with Crippen LogP contribution in [0.3, 0.4) is 0 Å². The maximum absolute atomic E-state index is 13.1. The number of imidazole rings is 1. The van der Waals surface area contributed by atoms with Crippen molar-refractivity contribution >= 4 is 17.5 Å². The molecule has 0 radical (unpaired) electrons. The summed E-state index contributed by atoms with van der Waals surface area (Å²) in [7, 11) is 0. The minimum Gasteiger partial charge on any atom is -0.376 e. The van der Waals surface area contributed by atoms with Gasteiger partial charge < -0.3 is 19.9 Å². The molecule has 0 saturated carbocycles. The lowest BCUT2D eigenvalue weighted by Gasteiger charge is -2.17. The summed E-state index contributed by atoms with van der Waals surface area (Å²) in [4.78, 5) is 29.8. The summed E-state index contributed by atoms with van der Waals surface area (Å²) >= 11 is 0. The van der Waals surface area contributed by atoms with E-state index in [4.69, 9.17) is 4.74 Å². The molecule has 8 heteroatoms. The number of amides is 2. The van der Waals surface area contributed by atoms with Gasteiger partial charge in [0.1, 0.15) is 11.5 Å². The highest BCUT2D eigenvalue weighted by Gasteiger charge is 2.28. The average molecular weight is 386 g/mol. The van der Waals surface area contributed by atoms with E-state index in [1.165, 1.54) is 24.3 Å². The summed E-state index contributed by atoms with van der Waals surface area (Å²) < 4.78 is 20.4. The van der Waals surface area contributed by atoms with Crippen LogP contribution in [0.15, 0.2) is 24.3 Å². The molecule has 2 aromatic rings. The van der Waals surface area contributed by atoms with Gasteiger partial charge >= 0.3 is 0 Å². The van der Waals surface area contributed by atoms with Gasteiger partial charge in [-0.25, -0.2) is 9.37 Å². The van der Waals surface area contributed by atoms with Gasteiger partial charge in [0.25, 0.3) is 11.8 Å². The van der Waals surface area contributed by atoms with Crippen LogP contribution in [0.4, 0.5) is 10.1 Å². The van der Waals surface area contributed by atoms with E-state index in [1.54, 1.807) is 0 Å². The number of hydrogen-bond donors (Lipinski definition) is 2. The van der Waals surface area contributed by atoms with Crippen molar-refractivity contribution in [3.63, 3.8) is 0 Å². The van der Waals surface area contributed by atoms with Crippen molar-refractivity contribution < 1.29 is 18.7 Å². The van der Waals surface area contributed by atoms with Gasteiger partial charge in [0.2, 0.25) is 0 Å². The fourth-order valence-corrected chi connectivity index (χ4v) is 3.71. The zero-order valence-corrected chi connectivity index (χ0v) is 15.5. The second-order valence-corrected chi connectivity index (χ2v) is 7.15. The minimum atomic E-state index is -0.409. The zero-order chi connectivity index (χ0) is 19.5. The number of carbonyl (C=O) groups excluding carboxylic acids is 2. The predicted molar refractivity (Wildman–Crippen MR) is 101 cm³/mol. The molecule has 1 unspecified atom stereocenters. The Morgan fingerprint density at radius 2 is 2.00 bits per heavy atom. The average Bonchev–Trinajstić information content (AvgIpc) is 3.36. The first kappa shape index (κ1) is 18.6. The van der Waals surface area contributed by atoms with Gasteiger partial charge in [-0.2, -0.15) is 0 Å². The molecule has 1 saturated heterocycles. The SMILES string of the molecule is O=C(NCC1CCCO1)c1nc(C(=O)Nc2ccc(F)cc2)n2c1CCCC2. The molecule has 0 bridgehead atoms. The number of hydrogen-bond acceptors (Lipinski definition) is 4.